The number of pyridine rings is 1. The molecule has 0 aliphatic carbocycles. The number of fused-ring (bicyclic) bond motifs is 1. The number of benzene rings is 2. The molecule has 0 aliphatic rings. The number of nitrogens with one attached hydrogen (secondary N) is 2. The van der Waals surface area contributed by atoms with Crippen LogP contribution in [0.4, 0.5) is 5.69 Å². The minimum Gasteiger partial charge on any atom is -0.319 e. The van der Waals surface area contributed by atoms with Gasteiger partial charge in [-0.05, 0) is 60.8 Å². The smallest absolute Gasteiger partial charge is 0.274 e. The van der Waals surface area contributed by atoms with Crippen molar-refractivity contribution in [2.24, 2.45) is 5.84 Å². The summed E-state index contributed by atoms with van der Waals surface area (Å²) in [7, 11) is 0. The number of nitrogens with zero attached hydrogens (tertiary/aromatic N) is 3. The first-order valence-corrected chi connectivity index (χ1v) is 10.8. The molecule has 2 heterocycles. The van der Waals surface area contributed by atoms with Gasteiger partial charge in [-0.15, -0.1) is 0 Å². The lowest BCUT2D eigenvalue weighted by Crippen LogP contribution is -2.31. The number of hydrogen-bond acceptors (Lipinski definition) is 5. The molecular weight excluding hydrogens is 552 g/mol. The molecule has 0 saturated heterocycles. The van der Waals surface area contributed by atoms with Gasteiger partial charge in [0.15, 0.2) is 5.82 Å². The van der Waals surface area contributed by atoms with Crippen LogP contribution >= 0.6 is 43.5 Å². The molecule has 0 bridgehead atoms. The van der Waals surface area contributed by atoms with E-state index in [1.165, 1.54) is 10.7 Å². The van der Waals surface area contributed by atoms with Crippen molar-refractivity contribution in [1.82, 2.24) is 20.2 Å². The monoisotopic (exact) mass is 562 g/mol. The van der Waals surface area contributed by atoms with Gasteiger partial charge in [-0.25, -0.2) is 15.5 Å². The summed E-state index contributed by atoms with van der Waals surface area (Å²) >= 11 is 13.0. The van der Waals surface area contributed by atoms with E-state index in [4.69, 9.17) is 17.4 Å². The van der Waals surface area contributed by atoms with Crippen LogP contribution in [0.15, 0.2) is 63.8 Å². The number of nitrogen functional groups attached to an aromatic ring is 1. The van der Waals surface area contributed by atoms with Gasteiger partial charge in [0.05, 0.1) is 16.3 Å². The van der Waals surface area contributed by atoms with Gasteiger partial charge < -0.3 is 5.32 Å². The SMILES string of the molecule is NNC(=O)c1cc2ccccc2c(Br)c1NC(=O)c1cc(Br)nn1-c1ncccc1Cl. The Kier molecular flexibility index (Phi) is 6.05. The molecule has 0 fully saturated rings. The summed E-state index contributed by atoms with van der Waals surface area (Å²) in [5.41, 5.74) is 2.73. The molecule has 2 aromatic heterocycles. The van der Waals surface area contributed by atoms with Crippen molar-refractivity contribution in [2.75, 3.05) is 5.32 Å². The van der Waals surface area contributed by atoms with Gasteiger partial charge in [0.2, 0.25) is 0 Å². The zero-order valence-corrected chi connectivity index (χ0v) is 19.5. The van der Waals surface area contributed by atoms with Crippen molar-refractivity contribution in [2.45, 2.75) is 0 Å². The van der Waals surface area contributed by atoms with Crippen LogP contribution in [0.1, 0.15) is 20.8 Å². The number of carbonyl (C=O) groups is 2. The minimum absolute atomic E-state index is 0.159. The standard InChI is InChI=1S/C20H13Br2ClN6O2/c21-15-9-14(29(28-15)18-13(23)6-3-7-25-18)20(31)26-17-12(19(30)27-24)8-10-4-1-2-5-11(10)16(17)22/h1-9H,24H2,(H,26,31)(H,27,30). The number of halogens is 3. The summed E-state index contributed by atoms with van der Waals surface area (Å²) < 4.78 is 2.27. The molecule has 0 saturated carbocycles. The quantitative estimate of drug-likeness (QED) is 0.192. The van der Waals surface area contributed by atoms with Crippen molar-refractivity contribution in [3.63, 3.8) is 0 Å². The summed E-state index contributed by atoms with van der Waals surface area (Å²) in [5.74, 6) is 4.57. The van der Waals surface area contributed by atoms with Gasteiger partial charge >= 0.3 is 0 Å². The highest BCUT2D eigenvalue weighted by Crippen LogP contribution is 2.35. The minimum atomic E-state index is -0.552. The predicted octanol–water partition coefficient (Wildman–Crippen LogP) is 4.45. The molecule has 4 aromatic rings. The molecule has 2 amide bonds. The maximum atomic E-state index is 13.2. The number of amides is 2. The highest BCUT2D eigenvalue weighted by molar-refractivity contribution is 9.11. The van der Waals surface area contributed by atoms with Crippen molar-refractivity contribution < 1.29 is 9.59 Å². The van der Waals surface area contributed by atoms with E-state index >= 15 is 0 Å². The third kappa shape index (κ3) is 4.07. The predicted molar refractivity (Wildman–Crippen MR) is 125 cm³/mol. The number of aromatic nitrogens is 3. The molecule has 0 aliphatic heterocycles. The van der Waals surface area contributed by atoms with Crippen LogP contribution < -0.4 is 16.6 Å². The second-order valence-electron chi connectivity index (χ2n) is 6.33. The first-order valence-electron chi connectivity index (χ1n) is 8.80. The number of rotatable bonds is 4. The van der Waals surface area contributed by atoms with E-state index in [1.54, 1.807) is 24.4 Å². The van der Waals surface area contributed by atoms with Gasteiger partial charge in [0.1, 0.15) is 10.3 Å². The van der Waals surface area contributed by atoms with Gasteiger partial charge in [-0.2, -0.15) is 5.10 Å². The molecule has 4 rings (SSSR count). The van der Waals surface area contributed by atoms with E-state index in [2.05, 4.69) is 52.7 Å². The van der Waals surface area contributed by atoms with Gasteiger partial charge in [0, 0.05) is 16.7 Å². The van der Waals surface area contributed by atoms with E-state index in [-0.39, 0.29) is 22.8 Å². The van der Waals surface area contributed by atoms with E-state index < -0.39 is 11.8 Å². The summed E-state index contributed by atoms with van der Waals surface area (Å²) in [5, 5.41) is 9.00. The number of anilines is 1. The molecule has 11 heteroatoms. The van der Waals surface area contributed by atoms with Crippen molar-refractivity contribution in [3.8, 4) is 5.82 Å². The lowest BCUT2D eigenvalue weighted by Gasteiger charge is -2.15. The Morgan fingerprint density at radius 1 is 1.06 bits per heavy atom. The zero-order valence-electron chi connectivity index (χ0n) is 15.6. The Morgan fingerprint density at radius 3 is 2.58 bits per heavy atom. The average Bonchev–Trinajstić information content (AvgIpc) is 3.16. The molecular formula is C20H13Br2ClN6O2. The fraction of sp³-hybridized carbons (Fsp3) is 0. The molecule has 156 valence electrons. The van der Waals surface area contributed by atoms with Crippen LogP contribution in [0.3, 0.4) is 0 Å². The van der Waals surface area contributed by atoms with Crippen LogP contribution in [0.25, 0.3) is 16.6 Å². The second-order valence-corrected chi connectivity index (χ2v) is 8.35. The average molecular weight is 565 g/mol. The number of hydrogen-bond donors (Lipinski definition) is 3. The van der Waals surface area contributed by atoms with Crippen LogP contribution in [0.5, 0.6) is 0 Å². The first kappa shape index (κ1) is 21.4. The molecule has 0 spiro atoms. The number of hydrazine groups is 1. The molecule has 0 radical (unpaired) electrons. The fourth-order valence-corrected chi connectivity index (χ4v) is 4.32. The first-order chi connectivity index (χ1) is 14.9. The molecule has 0 atom stereocenters. The Balaban J connectivity index is 1.82. The molecule has 0 unspecified atom stereocenters. The third-order valence-electron chi connectivity index (χ3n) is 4.45. The zero-order chi connectivity index (χ0) is 22.1. The highest BCUT2D eigenvalue weighted by atomic mass is 79.9. The Labute approximate surface area is 198 Å². The Morgan fingerprint density at radius 2 is 1.84 bits per heavy atom. The Hall–Kier alpha value is -2.79. The Bertz CT molecular complexity index is 1340. The molecule has 8 nitrogen and oxygen atoms in total. The van der Waals surface area contributed by atoms with Gasteiger partial charge in [-0.1, -0.05) is 35.9 Å². The lowest BCUT2D eigenvalue weighted by atomic mass is 10.0. The van der Waals surface area contributed by atoms with Crippen LogP contribution in [-0.2, 0) is 0 Å². The summed E-state index contributed by atoms with van der Waals surface area (Å²) in [6.07, 6.45) is 1.54. The maximum Gasteiger partial charge on any atom is 0.274 e. The van der Waals surface area contributed by atoms with Crippen LogP contribution in [0, 0.1) is 0 Å². The van der Waals surface area contributed by atoms with E-state index in [0.29, 0.717) is 14.1 Å². The summed E-state index contributed by atoms with van der Waals surface area (Å²) in [6.45, 7) is 0. The van der Waals surface area contributed by atoms with Crippen molar-refractivity contribution in [1.29, 1.82) is 0 Å². The van der Waals surface area contributed by atoms with Crippen molar-refractivity contribution in [3.05, 3.63) is 80.1 Å². The largest absolute Gasteiger partial charge is 0.319 e. The molecule has 31 heavy (non-hydrogen) atoms. The third-order valence-corrected chi connectivity index (χ3v) is 5.96. The van der Waals surface area contributed by atoms with E-state index in [9.17, 15) is 9.59 Å². The number of carbonyl (C=O) groups excluding carboxylic acids is 2. The molecule has 4 N–H and O–H groups in total. The second kappa shape index (κ2) is 8.75. The van der Waals surface area contributed by atoms with Crippen LogP contribution in [0.2, 0.25) is 5.02 Å². The normalized spacial score (nSPS) is 10.8. The highest BCUT2D eigenvalue weighted by Gasteiger charge is 2.23. The van der Waals surface area contributed by atoms with E-state index in [1.807, 2.05) is 24.3 Å². The van der Waals surface area contributed by atoms with Crippen LogP contribution in [-0.4, -0.2) is 26.6 Å². The summed E-state index contributed by atoms with van der Waals surface area (Å²) in [6, 6.07) is 13.9. The number of nitrogens with two attached hydrogens (primary N) is 1. The van der Waals surface area contributed by atoms with Crippen molar-refractivity contribution >= 4 is 71.7 Å². The maximum absolute atomic E-state index is 13.2. The topological polar surface area (TPSA) is 115 Å². The van der Waals surface area contributed by atoms with Gasteiger partial charge in [-0.3, -0.25) is 15.0 Å². The summed E-state index contributed by atoms with van der Waals surface area (Å²) in [4.78, 5) is 29.9. The molecule has 2 aromatic carbocycles. The fourth-order valence-electron chi connectivity index (χ4n) is 3.07. The van der Waals surface area contributed by atoms with E-state index in [0.717, 1.165) is 10.8 Å². The lowest BCUT2D eigenvalue weighted by molar-refractivity contribution is 0.0954. The van der Waals surface area contributed by atoms with Gasteiger partial charge in [0.25, 0.3) is 11.8 Å².